The molecule has 152 valence electrons. The van der Waals surface area contributed by atoms with Crippen molar-refractivity contribution in [2.75, 3.05) is 32.8 Å². The van der Waals surface area contributed by atoms with Crippen LogP contribution in [0.2, 0.25) is 0 Å². The first kappa shape index (κ1) is 21.0. The van der Waals surface area contributed by atoms with Crippen molar-refractivity contribution in [2.24, 2.45) is 0 Å². The van der Waals surface area contributed by atoms with Gasteiger partial charge in [-0.3, -0.25) is 4.90 Å². The van der Waals surface area contributed by atoms with E-state index in [1.165, 1.54) is 11.1 Å². The van der Waals surface area contributed by atoms with E-state index in [2.05, 4.69) is 73.3 Å². The van der Waals surface area contributed by atoms with E-state index in [9.17, 15) is 5.11 Å². The largest absolute Gasteiger partial charge is 0.384 e. The highest BCUT2D eigenvalue weighted by Gasteiger charge is 2.40. The van der Waals surface area contributed by atoms with Crippen LogP contribution in [0.5, 0.6) is 0 Å². The van der Waals surface area contributed by atoms with Gasteiger partial charge in [0.2, 0.25) is 0 Å². The Kier molecular flexibility index (Phi) is 7.66. The quantitative estimate of drug-likeness (QED) is 0.681. The third-order valence-electron chi connectivity index (χ3n) is 6.10. The molecule has 1 fully saturated rings. The van der Waals surface area contributed by atoms with Crippen LogP contribution < -0.4 is 0 Å². The number of hydrogen-bond acceptors (Lipinski definition) is 3. The van der Waals surface area contributed by atoms with E-state index in [4.69, 9.17) is 4.74 Å². The van der Waals surface area contributed by atoms with Crippen molar-refractivity contribution in [3.63, 3.8) is 0 Å². The first-order valence-electron chi connectivity index (χ1n) is 10.8. The van der Waals surface area contributed by atoms with Crippen LogP contribution >= 0.6 is 0 Å². The van der Waals surface area contributed by atoms with Gasteiger partial charge in [-0.05, 0) is 29.5 Å². The van der Waals surface area contributed by atoms with E-state index >= 15 is 0 Å². The topological polar surface area (TPSA) is 32.7 Å². The van der Waals surface area contributed by atoms with Gasteiger partial charge in [0.25, 0.3) is 0 Å². The molecule has 0 bridgehead atoms. The molecule has 0 spiro atoms. The summed E-state index contributed by atoms with van der Waals surface area (Å²) in [5.74, 6) is 0.0332. The van der Waals surface area contributed by atoms with Crippen molar-refractivity contribution in [3.8, 4) is 0 Å². The van der Waals surface area contributed by atoms with Gasteiger partial charge >= 0.3 is 0 Å². The molecule has 3 nitrogen and oxygen atoms in total. The highest BCUT2D eigenvalue weighted by Crippen LogP contribution is 2.42. The molecule has 0 saturated carbocycles. The van der Waals surface area contributed by atoms with Crippen LogP contribution in [-0.4, -0.2) is 42.9 Å². The third kappa shape index (κ3) is 5.02. The summed E-state index contributed by atoms with van der Waals surface area (Å²) in [5, 5.41) is 12.2. The zero-order valence-corrected chi connectivity index (χ0v) is 17.4. The second kappa shape index (κ2) is 10.2. The van der Waals surface area contributed by atoms with Crippen molar-refractivity contribution in [3.05, 3.63) is 71.3 Å². The van der Waals surface area contributed by atoms with Crippen molar-refractivity contribution in [1.29, 1.82) is 0 Å². The molecular weight excluding hydrogens is 346 g/mol. The maximum absolute atomic E-state index is 12.2. The van der Waals surface area contributed by atoms with Gasteiger partial charge in [-0.15, -0.1) is 0 Å². The normalized spacial score (nSPS) is 18.5. The van der Waals surface area contributed by atoms with Crippen LogP contribution in [0.1, 0.15) is 55.7 Å². The van der Waals surface area contributed by atoms with E-state index in [1.807, 2.05) is 0 Å². The molecule has 1 N–H and O–H groups in total. The minimum absolute atomic E-state index is 0.0332. The summed E-state index contributed by atoms with van der Waals surface area (Å²) in [5.41, 5.74) is 2.69. The molecule has 0 radical (unpaired) electrons. The molecule has 1 heterocycles. The summed E-state index contributed by atoms with van der Waals surface area (Å²) in [4.78, 5) is 2.44. The van der Waals surface area contributed by atoms with Crippen LogP contribution in [0, 0.1) is 0 Å². The zero-order chi connectivity index (χ0) is 19.8. The predicted octanol–water partition coefficient (Wildman–Crippen LogP) is 4.74. The Morgan fingerprint density at radius 3 is 2.29 bits per heavy atom. The first-order chi connectivity index (χ1) is 13.7. The van der Waals surface area contributed by atoms with Crippen LogP contribution in [0.4, 0.5) is 0 Å². The molecule has 0 unspecified atom stereocenters. The lowest BCUT2D eigenvalue weighted by molar-refractivity contribution is -0.0293. The molecule has 0 amide bonds. The van der Waals surface area contributed by atoms with Gasteiger partial charge in [-0.2, -0.15) is 0 Å². The molecule has 3 heteroatoms. The van der Waals surface area contributed by atoms with E-state index in [-0.39, 0.29) is 5.92 Å². The Morgan fingerprint density at radius 2 is 1.68 bits per heavy atom. The molecule has 2 atom stereocenters. The van der Waals surface area contributed by atoms with E-state index in [1.54, 1.807) is 0 Å². The first-order valence-corrected chi connectivity index (χ1v) is 10.8. The average Bonchev–Trinajstić information content (AvgIpc) is 2.77. The third-order valence-corrected chi connectivity index (χ3v) is 6.10. The summed E-state index contributed by atoms with van der Waals surface area (Å²) in [6.45, 7) is 8.64. The monoisotopic (exact) mass is 381 g/mol. The lowest BCUT2D eigenvalue weighted by Crippen LogP contribution is -2.45. The van der Waals surface area contributed by atoms with Crippen LogP contribution in [-0.2, 0) is 16.8 Å². The van der Waals surface area contributed by atoms with E-state index in [0.717, 1.165) is 64.1 Å². The fourth-order valence-corrected chi connectivity index (χ4v) is 4.25. The van der Waals surface area contributed by atoms with Crippen molar-refractivity contribution in [2.45, 2.75) is 51.0 Å². The number of ether oxygens (including phenoxy) is 1. The number of unbranched alkanes of at least 4 members (excludes halogenated alkanes) is 1. The number of rotatable bonds is 9. The predicted molar refractivity (Wildman–Crippen MR) is 116 cm³/mol. The smallest absolute Gasteiger partial charge is 0.0977 e. The lowest BCUT2D eigenvalue weighted by Gasteiger charge is -2.41. The molecule has 1 aliphatic heterocycles. The Balaban J connectivity index is 1.98. The molecule has 2 aromatic rings. The number of hydrogen-bond donors (Lipinski definition) is 1. The van der Waals surface area contributed by atoms with Crippen molar-refractivity contribution >= 4 is 0 Å². The average molecular weight is 382 g/mol. The summed E-state index contributed by atoms with van der Waals surface area (Å²) in [7, 11) is 0. The molecule has 0 aromatic heterocycles. The molecule has 1 aliphatic rings. The second-order valence-corrected chi connectivity index (χ2v) is 7.95. The van der Waals surface area contributed by atoms with E-state index in [0.29, 0.717) is 0 Å². The SMILES string of the molecule is CCCC[C@@](O)(c1ccc(CC)cc1)[C@@H](CN1CCOCC1)c1ccccc1. The van der Waals surface area contributed by atoms with Gasteiger partial charge in [-0.1, -0.05) is 81.3 Å². The van der Waals surface area contributed by atoms with Gasteiger partial charge in [0.05, 0.1) is 18.8 Å². The van der Waals surface area contributed by atoms with Gasteiger partial charge in [0.15, 0.2) is 0 Å². The molecule has 0 aliphatic carbocycles. The standard InChI is InChI=1S/C25H35NO2/c1-3-5-15-25(27,23-13-11-21(4-2)12-14-23)24(22-9-7-6-8-10-22)20-26-16-18-28-19-17-26/h6-14,24,27H,3-5,15-20H2,1-2H3/t24-,25+/m0/s1. The van der Waals surface area contributed by atoms with Crippen LogP contribution in [0.3, 0.4) is 0 Å². The minimum Gasteiger partial charge on any atom is -0.384 e. The van der Waals surface area contributed by atoms with Gasteiger partial charge in [0.1, 0.15) is 0 Å². The molecule has 3 rings (SSSR count). The number of morpholine rings is 1. The Hall–Kier alpha value is -1.68. The number of aliphatic hydroxyl groups is 1. The van der Waals surface area contributed by atoms with Crippen molar-refractivity contribution < 1.29 is 9.84 Å². The van der Waals surface area contributed by atoms with Crippen LogP contribution in [0.25, 0.3) is 0 Å². The molecular formula is C25H35NO2. The number of aryl methyl sites for hydroxylation is 1. The molecule has 1 saturated heterocycles. The summed E-state index contributed by atoms with van der Waals surface area (Å²) in [6, 6.07) is 19.2. The summed E-state index contributed by atoms with van der Waals surface area (Å²) >= 11 is 0. The molecule has 28 heavy (non-hydrogen) atoms. The number of nitrogens with zero attached hydrogens (tertiary/aromatic N) is 1. The van der Waals surface area contributed by atoms with Crippen LogP contribution in [0.15, 0.2) is 54.6 Å². The highest BCUT2D eigenvalue weighted by atomic mass is 16.5. The zero-order valence-electron chi connectivity index (χ0n) is 17.4. The summed E-state index contributed by atoms with van der Waals surface area (Å²) in [6.07, 6.45) is 3.88. The minimum atomic E-state index is -0.873. The van der Waals surface area contributed by atoms with Gasteiger partial charge in [0, 0.05) is 25.6 Å². The van der Waals surface area contributed by atoms with Gasteiger partial charge in [-0.25, -0.2) is 0 Å². The lowest BCUT2D eigenvalue weighted by atomic mass is 9.73. The van der Waals surface area contributed by atoms with Crippen molar-refractivity contribution in [1.82, 2.24) is 4.90 Å². The van der Waals surface area contributed by atoms with E-state index < -0.39 is 5.60 Å². The maximum Gasteiger partial charge on any atom is 0.0977 e. The highest BCUT2D eigenvalue weighted by molar-refractivity contribution is 5.33. The molecule has 2 aromatic carbocycles. The Labute approximate surface area is 170 Å². The number of benzene rings is 2. The fraction of sp³-hybridized carbons (Fsp3) is 0.520. The summed E-state index contributed by atoms with van der Waals surface area (Å²) < 4.78 is 5.54. The Morgan fingerprint density at radius 1 is 1.00 bits per heavy atom. The Bertz CT molecular complexity index is 694. The van der Waals surface area contributed by atoms with Gasteiger partial charge < -0.3 is 9.84 Å². The fourth-order valence-electron chi connectivity index (χ4n) is 4.25. The second-order valence-electron chi connectivity index (χ2n) is 7.95. The maximum atomic E-state index is 12.2.